The predicted octanol–water partition coefficient (Wildman–Crippen LogP) is 1.81. The Kier molecular flexibility index (Phi) is 3.38. The highest BCUT2D eigenvalue weighted by Gasteiger charge is 2.16. The predicted molar refractivity (Wildman–Crippen MR) is 62.9 cm³/mol. The lowest BCUT2D eigenvalue weighted by molar-refractivity contribution is 0.356. The average molecular weight is 249 g/mol. The molecule has 0 bridgehead atoms. The molecule has 86 valence electrons. The lowest BCUT2D eigenvalue weighted by atomic mass is 10.2. The van der Waals surface area contributed by atoms with E-state index in [4.69, 9.17) is 28.3 Å². The fourth-order valence-electron chi connectivity index (χ4n) is 1.25. The summed E-state index contributed by atoms with van der Waals surface area (Å²) < 4.78 is 5.01. The van der Waals surface area contributed by atoms with E-state index in [9.17, 15) is 0 Å². The third-order valence-electron chi connectivity index (χ3n) is 2.07. The van der Waals surface area contributed by atoms with Crippen molar-refractivity contribution in [2.75, 3.05) is 0 Å². The van der Waals surface area contributed by atoms with E-state index in [0.717, 1.165) is 0 Å². The number of hydrogen-bond donors (Lipinski definition) is 1. The standard InChI is InChI=1S/C11H9ClN4O/c1-2-4-8(13)11-15-10(16-17-11)9-7(12)5-3-6-14-9/h1,3,5-6,8H,4,13H2. The maximum atomic E-state index is 5.96. The van der Waals surface area contributed by atoms with Crippen molar-refractivity contribution in [1.29, 1.82) is 0 Å². The van der Waals surface area contributed by atoms with Crippen molar-refractivity contribution in [3.8, 4) is 23.9 Å². The van der Waals surface area contributed by atoms with E-state index in [-0.39, 0.29) is 5.89 Å². The third-order valence-corrected chi connectivity index (χ3v) is 2.37. The number of halogens is 1. The minimum atomic E-state index is -0.469. The summed E-state index contributed by atoms with van der Waals surface area (Å²) in [6.45, 7) is 0. The van der Waals surface area contributed by atoms with Gasteiger partial charge in [-0.2, -0.15) is 4.98 Å². The van der Waals surface area contributed by atoms with Gasteiger partial charge in [-0.15, -0.1) is 12.3 Å². The van der Waals surface area contributed by atoms with Gasteiger partial charge >= 0.3 is 0 Å². The van der Waals surface area contributed by atoms with Gasteiger partial charge in [-0.1, -0.05) is 16.8 Å². The third kappa shape index (κ3) is 2.44. The Balaban J connectivity index is 2.31. The molecular formula is C11H9ClN4O. The quantitative estimate of drug-likeness (QED) is 0.838. The van der Waals surface area contributed by atoms with Crippen molar-refractivity contribution >= 4 is 11.6 Å². The summed E-state index contributed by atoms with van der Waals surface area (Å²) in [5.74, 6) is 3.01. The van der Waals surface area contributed by atoms with Crippen LogP contribution >= 0.6 is 11.6 Å². The Labute approximate surface area is 103 Å². The number of hydrogen-bond acceptors (Lipinski definition) is 5. The minimum absolute atomic E-state index is 0.277. The number of rotatable bonds is 3. The Morgan fingerprint density at radius 1 is 1.59 bits per heavy atom. The first-order chi connectivity index (χ1) is 8.22. The van der Waals surface area contributed by atoms with Gasteiger partial charge in [-0.05, 0) is 12.1 Å². The van der Waals surface area contributed by atoms with E-state index in [2.05, 4.69) is 21.0 Å². The molecule has 17 heavy (non-hydrogen) atoms. The van der Waals surface area contributed by atoms with E-state index in [1.807, 2.05) is 0 Å². The molecule has 2 heterocycles. The molecule has 2 rings (SSSR count). The molecule has 2 aromatic rings. The zero-order chi connectivity index (χ0) is 12.3. The normalized spacial score (nSPS) is 12.1. The molecule has 0 radical (unpaired) electrons. The van der Waals surface area contributed by atoms with Crippen LogP contribution in [0.4, 0.5) is 0 Å². The number of aromatic nitrogens is 3. The summed E-state index contributed by atoms with van der Waals surface area (Å²) >= 11 is 5.96. The molecule has 0 aliphatic carbocycles. The molecule has 0 saturated carbocycles. The second-order valence-corrected chi connectivity index (χ2v) is 3.71. The van der Waals surface area contributed by atoms with Crippen molar-refractivity contribution in [3.05, 3.63) is 29.2 Å². The molecular weight excluding hydrogens is 240 g/mol. The molecule has 0 aliphatic rings. The molecule has 0 amide bonds. The highest BCUT2D eigenvalue weighted by Crippen LogP contribution is 2.23. The highest BCUT2D eigenvalue weighted by molar-refractivity contribution is 6.32. The SMILES string of the molecule is C#CCC(N)c1nc(-c2ncccc2Cl)no1. The fraction of sp³-hybridized carbons (Fsp3) is 0.182. The van der Waals surface area contributed by atoms with E-state index < -0.39 is 6.04 Å². The monoisotopic (exact) mass is 248 g/mol. The van der Waals surface area contributed by atoms with Gasteiger partial charge in [0, 0.05) is 12.6 Å². The maximum Gasteiger partial charge on any atom is 0.244 e. The Morgan fingerprint density at radius 2 is 2.41 bits per heavy atom. The highest BCUT2D eigenvalue weighted by atomic mass is 35.5. The first-order valence-electron chi connectivity index (χ1n) is 4.86. The lowest BCUT2D eigenvalue weighted by Crippen LogP contribution is -2.09. The summed E-state index contributed by atoms with van der Waals surface area (Å²) in [7, 11) is 0. The summed E-state index contributed by atoms with van der Waals surface area (Å²) in [6.07, 6.45) is 7.08. The summed E-state index contributed by atoms with van der Waals surface area (Å²) in [4.78, 5) is 8.18. The molecule has 0 spiro atoms. The molecule has 0 aromatic carbocycles. The molecule has 1 unspecified atom stereocenters. The zero-order valence-electron chi connectivity index (χ0n) is 8.80. The van der Waals surface area contributed by atoms with Crippen LogP contribution in [0.3, 0.4) is 0 Å². The lowest BCUT2D eigenvalue weighted by Gasteiger charge is -1.99. The molecule has 5 nitrogen and oxygen atoms in total. The molecule has 0 aliphatic heterocycles. The Bertz CT molecular complexity index is 561. The zero-order valence-corrected chi connectivity index (χ0v) is 9.55. The number of nitrogens with zero attached hydrogens (tertiary/aromatic N) is 3. The van der Waals surface area contributed by atoms with Crippen molar-refractivity contribution in [3.63, 3.8) is 0 Å². The van der Waals surface area contributed by atoms with E-state index >= 15 is 0 Å². The van der Waals surface area contributed by atoms with Gasteiger partial charge in [-0.25, -0.2) is 0 Å². The first-order valence-corrected chi connectivity index (χ1v) is 5.23. The topological polar surface area (TPSA) is 77.8 Å². The summed E-state index contributed by atoms with van der Waals surface area (Å²) in [5.41, 5.74) is 6.20. The number of terminal acetylenes is 1. The van der Waals surface area contributed by atoms with Gasteiger partial charge in [0.2, 0.25) is 11.7 Å². The van der Waals surface area contributed by atoms with Crippen LogP contribution in [0.2, 0.25) is 5.02 Å². The van der Waals surface area contributed by atoms with Gasteiger partial charge < -0.3 is 10.3 Å². The molecule has 0 saturated heterocycles. The van der Waals surface area contributed by atoms with Crippen LogP contribution in [-0.4, -0.2) is 15.1 Å². The maximum absolute atomic E-state index is 5.96. The smallest absolute Gasteiger partial charge is 0.244 e. The van der Waals surface area contributed by atoms with Gasteiger partial charge in [0.15, 0.2) is 0 Å². The van der Waals surface area contributed by atoms with Crippen molar-refractivity contribution < 1.29 is 4.52 Å². The first kappa shape index (κ1) is 11.6. The van der Waals surface area contributed by atoms with Crippen molar-refractivity contribution in [1.82, 2.24) is 15.1 Å². The molecule has 2 N–H and O–H groups in total. The van der Waals surface area contributed by atoms with E-state index in [0.29, 0.717) is 23.0 Å². The largest absolute Gasteiger partial charge is 0.337 e. The second-order valence-electron chi connectivity index (χ2n) is 3.30. The number of pyridine rings is 1. The van der Waals surface area contributed by atoms with Gasteiger partial charge in [0.25, 0.3) is 0 Å². The van der Waals surface area contributed by atoms with Crippen LogP contribution in [0.5, 0.6) is 0 Å². The van der Waals surface area contributed by atoms with Crippen LogP contribution in [-0.2, 0) is 0 Å². The van der Waals surface area contributed by atoms with Gasteiger partial charge in [0.05, 0.1) is 11.1 Å². The molecule has 1 atom stereocenters. The fourth-order valence-corrected chi connectivity index (χ4v) is 1.45. The van der Waals surface area contributed by atoms with Crippen molar-refractivity contribution in [2.24, 2.45) is 5.73 Å². The molecule has 2 aromatic heterocycles. The molecule has 0 fully saturated rings. The van der Waals surface area contributed by atoms with Crippen LogP contribution in [0.25, 0.3) is 11.5 Å². The Hall–Kier alpha value is -1.90. The Morgan fingerprint density at radius 3 is 3.12 bits per heavy atom. The van der Waals surface area contributed by atoms with Gasteiger partial charge in [-0.3, -0.25) is 4.98 Å². The van der Waals surface area contributed by atoms with Crippen LogP contribution in [0, 0.1) is 12.3 Å². The average Bonchev–Trinajstić information content (AvgIpc) is 2.79. The van der Waals surface area contributed by atoms with E-state index in [1.54, 1.807) is 18.3 Å². The van der Waals surface area contributed by atoms with Gasteiger partial charge in [0.1, 0.15) is 5.69 Å². The van der Waals surface area contributed by atoms with Crippen molar-refractivity contribution in [2.45, 2.75) is 12.5 Å². The number of nitrogens with two attached hydrogens (primary N) is 1. The summed E-state index contributed by atoms with van der Waals surface area (Å²) in [5, 5.41) is 4.22. The van der Waals surface area contributed by atoms with Crippen LogP contribution in [0.15, 0.2) is 22.9 Å². The second kappa shape index (κ2) is 4.95. The van der Waals surface area contributed by atoms with Crippen LogP contribution < -0.4 is 5.73 Å². The molecule has 6 heteroatoms. The van der Waals surface area contributed by atoms with E-state index in [1.165, 1.54) is 0 Å². The van der Waals surface area contributed by atoms with Crippen LogP contribution in [0.1, 0.15) is 18.4 Å². The minimum Gasteiger partial charge on any atom is -0.337 e. The summed E-state index contributed by atoms with van der Waals surface area (Å²) in [6, 6.07) is 2.95.